The summed E-state index contributed by atoms with van der Waals surface area (Å²) >= 11 is 0. The molecule has 4 rings (SSSR count). The third kappa shape index (κ3) is 5.73. The van der Waals surface area contributed by atoms with Crippen LogP contribution in [0.15, 0.2) is 77.4 Å². The molecule has 0 N–H and O–H groups in total. The van der Waals surface area contributed by atoms with Gasteiger partial charge in [-0.15, -0.1) is 0 Å². The number of nitrogens with zero attached hydrogens (tertiary/aromatic N) is 2. The number of nitro groups is 1. The van der Waals surface area contributed by atoms with Crippen LogP contribution in [0, 0.1) is 17.0 Å². The lowest BCUT2D eigenvalue weighted by atomic mass is 10.1. The highest BCUT2D eigenvalue weighted by Crippen LogP contribution is 2.30. The predicted octanol–water partition coefficient (Wildman–Crippen LogP) is 5.27. The molecule has 35 heavy (non-hydrogen) atoms. The fourth-order valence-corrected chi connectivity index (χ4v) is 3.61. The zero-order valence-corrected chi connectivity index (χ0v) is 19.4. The number of esters is 1. The van der Waals surface area contributed by atoms with Gasteiger partial charge in [0.1, 0.15) is 0 Å². The highest BCUT2D eigenvalue weighted by atomic mass is 16.6. The van der Waals surface area contributed by atoms with E-state index >= 15 is 0 Å². The number of benzene rings is 3. The molecule has 1 aliphatic rings. The Hall–Kier alpha value is -4.46. The van der Waals surface area contributed by atoms with E-state index in [1.165, 1.54) is 17.7 Å². The molecule has 0 radical (unpaired) electrons. The summed E-state index contributed by atoms with van der Waals surface area (Å²) in [4.78, 5) is 27.3. The Kier molecular flexibility index (Phi) is 7.21. The number of ether oxygens (including phenoxy) is 3. The summed E-state index contributed by atoms with van der Waals surface area (Å²) < 4.78 is 17.0. The Labute approximate surface area is 202 Å². The quantitative estimate of drug-likeness (QED) is 0.182. The first-order chi connectivity index (χ1) is 16.9. The lowest BCUT2D eigenvalue weighted by Crippen LogP contribution is -2.06. The van der Waals surface area contributed by atoms with Crippen LogP contribution < -0.4 is 9.47 Å². The van der Waals surface area contributed by atoms with Crippen LogP contribution in [0.4, 0.5) is 5.69 Å². The molecular weight excluding hydrogens is 448 g/mol. The lowest BCUT2D eigenvalue weighted by Gasteiger charge is -2.12. The molecule has 3 aromatic rings. The van der Waals surface area contributed by atoms with Gasteiger partial charge in [0.15, 0.2) is 17.2 Å². The molecule has 0 aromatic heterocycles. The van der Waals surface area contributed by atoms with E-state index in [0.29, 0.717) is 41.4 Å². The van der Waals surface area contributed by atoms with Crippen LogP contribution in [0.3, 0.4) is 0 Å². The fraction of sp³-hybridized carbons (Fsp3) is 0.185. The summed E-state index contributed by atoms with van der Waals surface area (Å²) in [5.41, 5.74) is 2.93. The Balaban J connectivity index is 1.52. The van der Waals surface area contributed by atoms with Crippen molar-refractivity contribution in [2.45, 2.75) is 20.3 Å². The summed E-state index contributed by atoms with van der Waals surface area (Å²) in [6.45, 7) is 4.46. The number of carbonyl (C=O) groups excluding carboxylic acids is 1. The summed E-state index contributed by atoms with van der Waals surface area (Å²) in [6.07, 6.45) is 2.37. The average Bonchev–Trinajstić information content (AvgIpc) is 3.21. The Morgan fingerprint density at radius 1 is 1.03 bits per heavy atom. The number of nitro benzene ring substituents is 1. The van der Waals surface area contributed by atoms with Crippen molar-refractivity contribution in [2.75, 3.05) is 13.2 Å². The maximum Gasteiger partial charge on any atom is 0.363 e. The first-order valence-corrected chi connectivity index (χ1v) is 11.2. The van der Waals surface area contributed by atoms with Gasteiger partial charge in [-0.3, -0.25) is 10.1 Å². The molecular formula is C27H24N2O6. The second kappa shape index (κ2) is 10.6. The number of rotatable bonds is 9. The van der Waals surface area contributed by atoms with Gasteiger partial charge in [0.2, 0.25) is 5.90 Å². The van der Waals surface area contributed by atoms with Gasteiger partial charge >= 0.3 is 5.97 Å². The number of hydrogen-bond donors (Lipinski definition) is 0. The third-order valence-electron chi connectivity index (χ3n) is 5.32. The molecule has 1 aliphatic heterocycles. The Bertz CT molecular complexity index is 1310. The third-order valence-corrected chi connectivity index (χ3v) is 5.32. The second-order valence-corrected chi connectivity index (χ2v) is 7.82. The van der Waals surface area contributed by atoms with Gasteiger partial charge in [0.05, 0.1) is 18.1 Å². The normalized spacial score (nSPS) is 13.9. The fourth-order valence-electron chi connectivity index (χ4n) is 3.61. The molecule has 8 heteroatoms. The van der Waals surface area contributed by atoms with Crippen LogP contribution in [0.5, 0.6) is 11.5 Å². The van der Waals surface area contributed by atoms with E-state index in [4.69, 9.17) is 14.2 Å². The smallest absolute Gasteiger partial charge is 0.363 e. The minimum Gasteiger partial charge on any atom is -0.490 e. The SMILES string of the molecule is CCOc1cc(/C=C2\N=C(c3ccc([N+](=O)[O-])c(C)c3)OC2=O)ccc1OCCc1ccccc1. The summed E-state index contributed by atoms with van der Waals surface area (Å²) in [5.74, 6) is 0.684. The Morgan fingerprint density at radius 2 is 1.83 bits per heavy atom. The number of carbonyl (C=O) groups is 1. The molecule has 8 nitrogen and oxygen atoms in total. The van der Waals surface area contributed by atoms with Crippen molar-refractivity contribution in [1.82, 2.24) is 0 Å². The molecule has 178 valence electrons. The molecule has 0 saturated heterocycles. The summed E-state index contributed by atoms with van der Waals surface area (Å²) in [5, 5.41) is 11.0. The minimum atomic E-state index is -0.600. The molecule has 0 saturated carbocycles. The molecule has 0 unspecified atom stereocenters. The highest BCUT2D eigenvalue weighted by molar-refractivity contribution is 6.13. The first kappa shape index (κ1) is 23.7. The van der Waals surface area contributed by atoms with Gasteiger partial charge < -0.3 is 14.2 Å². The molecule has 0 atom stereocenters. The molecule has 1 heterocycles. The van der Waals surface area contributed by atoms with E-state index < -0.39 is 10.9 Å². The molecule has 0 aliphatic carbocycles. The maximum absolute atomic E-state index is 12.4. The van der Waals surface area contributed by atoms with Gasteiger partial charge in [-0.1, -0.05) is 36.4 Å². The van der Waals surface area contributed by atoms with E-state index in [9.17, 15) is 14.9 Å². The topological polar surface area (TPSA) is 100 Å². The van der Waals surface area contributed by atoms with Gasteiger partial charge in [-0.05, 0) is 55.3 Å². The van der Waals surface area contributed by atoms with Crippen LogP contribution in [-0.2, 0) is 16.0 Å². The predicted molar refractivity (Wildman–Crippen MR) is 132 cm³/mol. The van der Waals surface area contributed by atoms with Gasteiger partial charge in [-0.25, -0.2) is 9.79 Å². The molecule has 0 fully saturated rings. The second-order valence-electron chi connectivity index (χ2n) is 7.82. The van der Waals surface area contributed by atoms with Gasteiger partial charge in [0, 0.05) is 23.6 Å². The Morgan fingerprint density at radius 3 is 2.54 bits per heavy atom. The van der Waals surface area contributed by atoms with Crippen molar-refractivity contribution < 1.29 is 23.9 Å². The van der Waals surface area contributed by atoms with E-state index in [-0.39, 0.29) is 17.3 Å². The summed E-state index contributed by atoms with van der Waals surface area (Å²) in [7, 11) is 0. The van der Waals surface area contributed by atoms with E-state index in [2.05, 4.69) is 17.1 Å². The van der Waals surface area contributed by atoms with Crippen molar-refractivity contribution in [2.24, 2.45) is 4.99 Å². The average molecular weight is 472 g/mol. The van der Waals surface area contributed by atoms with Gasteiger partial charge in [-0.2, -0.15) is 0 Å². The number of hydrogen-bond acceptors (Lipinski definition) is 7. The standard InChI is InChI=1S/C27H24N2O6/c1-3-33-25-17-20(9-12-24(25)34-14-13-19-7-5-4-6-8-19)16-22-27(30)35-26(28-22)21-10-11-23(29(31)32)18(2)15-21/h4-12,15-17H,3,13-14H2,1-2H3/b22-16-. The van der Waals surface area contributed by atoms with Crippen molar-refractivity contribution in [3.63, 3.8) is 0 Å². The van der Waals surface area contributed by atoms with Gasteiger partial charge in [0.25, 0.3) is 5.69 Å². The largest absolute Gasteiger partial charge is 0.490 e. The first-order valence-electron chi connectivity index (χ1n) is 11.2. The lowest BCUT2D eigenvalue weighted by molar-refractivity contribution is -0.385. The number of aryl methyl sites for hydroxylation is 1. The minimum absolute atomic E-state index is 0.0102. The zero-order chi connectivity index (χ0) is 24.8. The van der Waals surface area contributed by atoms with Crippen molar-refractivity contribution in [3.05, 3.63) is 105 Å². The van der Waals surface area contributed by atoms with Crippen molar-refractivity contribution >= 4 is 23.6 Å². The monoisotopic (exact) mass is 472 g/mol. The highest BCUT2D eigenvalue weighted by Gasteiger charge is 2.25. The zero-order valence-electron chi connectivity index (χ0n) is 19.4. The van der Waals surface area contributed by atoms with Crippen molar-refractivity contribution in [1.29, 1.82) is 0 Å². The summed E-state index contributed by atoms with van der Waals surface area (Å²) in [6, 6.07) is 19.9. The molecule has 0 bridgehead atoms. The maximum atomic E-state index is 12.4. The van der Waals surface area contributed by atoms with Crippen LogP contribution in [-0.4, -0.2) is 30.0 Å². The molecule has 0 amide bonds. The number of cyclic esters (lactones) is 1. The van der Waals surface area contributed by atoms with Crippen LogP contribution in [0.2, 0.25) is 0 Å². The van der Waals surface area contributed by atoms with E-state index in [0.717, 1.165) is 6.42 Å². The van der Waals surface area contributed by atoms with E-state index in [1.807, 2.05) is 31.2 Å². The van der Waals surface area contributed by atoms with Crippen molar-refractivity contribution in [3.8, 4) is 11.5 Å². The number of aliphatic imine (C=N–C) groups is 1. The van der Waals surface area contributed by atoms with Crippen LogP contribution in [0.1, 0.15) is 29.2 Å². The van der Waals surface area contributed by atoms with Crippen LogP contribution >= 0.6 is 0 Å². The van der Waals surface area contributed by atoms with E-state index in [1.54, 1.807) is 31.2 Å². The van der Waals surface area contributed by atoms with Crippen LogP contribution in [0.25, 0.3) is 6.08 Å². The molecule has 0 spiro atoms. The molecule has 3 aromatic carbocycles.